The predicted molar refractivity (Wildman–Crippen MR) is 76.1 cm³/mol. The Morgan fingerprint density at radius 1 is 1.53 bits per heavy atom. The van der Waals surface area contributed by atoms with E-state index in [4.69, 9.17) is 9.47 Å². The summed E-state index contributed by atoms with van der Waals surface area (Å²) in [7, 11) is 1.76. The smallest absolute Gasteiger partial charge is 0.0996 e. The number of allylic oxidation sites excluding steroid dienone is 2. The zero-order valence-electron chi connectivity index (χ0n) is 12.7. The molecule has 0 bridgehead atoms. The number of hydrogen-bond donors (Lipinski definition) is 1. The van der Waals surface area contributed by atoms with Gasteiger partial charge in [0.2, 0.25) is 0 Å². The number of aliphatic hydroxyl groups is 1. The highest BCUT2D eigenvalue weighted by Crippen LogP contribution is 2.52. The van der Waals surface area contributed by atoms with Gasteiger partial charge < -0.3 is 14.6 Å². The van der Waals surface area contributed by atoms with Crippen molar-refractivity contribution in [2.24, 2.45) is 5.92 Å². The predicted octanol–water partition coefficient (Wildman–Crippen LogP) is 3.07. The molecule has 0 aromatic carbocycles. The lowest BCUT2D eigenvalue weighted by Crippen LogP contribution is -2.53. The lowest BCUT2D eigenvalue weighted by molar-refractivity contribution is -0.125. The molecule has 2 aliphatic rings. The molecule has 1 heterocycles. The third kappa shape index (κ3) is 3.21. The highest BCUT2D eigenvalue weighted by Gasteiger charge is 2.61. The molecule has 2 rings (SSSR count). The summed E-state index contributed by atoms with van der Waals surface area (Å²) in [6.07, 6.45) is 7.24. The molecule has 1 saturated heterocycles. The lowest BCUT2D eigenvalue weighted by Gasteiger charge is -2.44. The minimum absolute atomic E-state index is 0.101. The van der Waals surface area contributed by atoms with Gasteiger partial charge in [-0.25, -0.2) is 0 Å². The van der Waals surface area contributed by atoms with Crippen molar-refractivity contribution in [2.75, 3.05) is 13.7 Å². The molecule has 1 N–H and O–H groups in total. The normalized spacial score (nSPS) is 36.9. The molecule has 1 aliphatic carbocycles. The Morgan fingerprint density at radius 3 is 2.74 bits per heavy atom. The molecular formula is C16H28O3. The molecule has 1 spiro atoms. The molecule has 19 heavy (non-hydrogen) atoms. The fourth-order valence-electron chi connectivity index (χ4n) is 3.71. The van der Waals surface area contributed by atoms with Crippen LogP contribution in [0.25, 0.3) is 0 Å². The Bertz CT molecular complexity index is 338. The second kappa shape index (κ2) is 5.55. The highest BCUT2D eigenvalue weighted by molar-refractivity contribution is 5.10. The minimum Gasteiger partial charge on any atom is -0.390 e. The van der Waals surface area contributed by atoms with Crippen molar-refractivity contribution in [2.45, 2.75) is 70.2 Å². The first-order valence-electron chi connectivity index (χ1n) is 7.44. The number of rotatable bonds is 5. The van der Waals surface area contributed by atoms with E-state index in [9.17, 15) is 5.11 Å². The van der Waals surface area contributed by atoms with Crippen LogP contribution in [-0.2, 0) is 9.47 Å². The summed E-state index contributed by atoms with van der Waals surface area (Å²) in [6, 6.07) is 0. The van der Waals surface area contributed by atoms with Crippen molar-refractivity contribution in [1.29, 1.82) is 0 Å². The monoisotopic (exact) mass is 268 g/mol. The standard InChI is InChI=1S/C16H28O3/c1-12(2)7-5-9-15(3,17)14-13(18-4)8-6-10-16(14)11-19-16/h7,13-14,17H,5-6,8-11H2,1-4H3/t13-,14-,15+,16+/m1/s1. The van der Waals surface area contributed by atoms with E-state index in [0.717, 1.165) is 38.7 Å². The molecule has 2 fully saturated rings. The first-order valence-corrected chi connectivity index (χ1v) is 7.44. The van der Waals surface area contributed by atoms with Gasteiger partial charge in [-0.1, -0.05) is 11.6 Å². The van der Waals surface area contributed by atoms with E-state index in [1.54, 1.807) is 7.11 Å². The average molecular weight is 268 g/mol. The van der Waals surface area contributed by atoms with Gasteiger partial charge in [0.1, 0.15) is 0 Å². The van der Waals surface area contributed by atoms with Crippen LogP contribution in [0, 0.1) is 5.92 Å². The second-order valence-corrected chi connectivity index (χ2v) is 6.67. The average Bonchev–Trinajstić information content (AvgIpc) is 3.07. The molecule has 1 aliphatic heterocycles. The Labute approximate surface area is 117 Å². The molecule has 0 radical (unpaired) electrons. The van der Waals surface area contributed by atoms with E-state index in [1.165, 1.54) is 5.57 Å². The number of hydrogen-bond acceptors (Lipinski definition) is 3. The fourth-order valence-corrected chi connectivity index (χ4v) is 3.71. The number of epoxide rings is 1. The van der Waals surface area contributed by atoms with Crippen LogP contribution < -0.4 is 0 Å². The summed E-state index contributed by atoms with van der Waals surface area (Å²) < 4.78 is 11.4. The summed E-state index contributed by atoms with van der Waals surface area (Å²) in [5.41, 5.74) is 0.483. The van der Waals surface area contributed by atoms with Crippen LogP contribution in [0.3, 0.4) is 0 Å². The van der Waals surface area contributed by atoms with Gasteiger partial charge in [0.05, 0.1) is 23.9 Å². The molecular weight excluding hydrogens is 240 g/mol. The van der Waals surface area contributed by atoms with E-state index < -0.39 is 5.60 Å². The van der Waals surface area contributed by atoms with E-state index in [-0.39, 0.29) is 17.6 Å². The number of ether oxygens (including phenoxy) is 2. The largest absolute Gasteiger partial charge is 0.390 e. The zero-order chi connectivity index (χ0) is 14.1. The van der Waals surface area contributed by atoms with Crippen molar-refractivity contribution in [1.82, 2.24) is 0 Å². The lowest BCUT2D eigenvalue weighted by atomic mass is 9.67. The first-order chi connectivity index (χ1) is 8.91. The first kappa shape index (κ1) is 15.0. The van der Waals surface area contributed by atoms with Crippen LogP contribution >= 0.6 is 0 Å². The van der Waals surface area contributed by atoms with Crippen LogP contribution in [0.4, 0.5) is 0 Å². The van der Waals surface area contributed by atoms with Crippen LogP contribution in [0.1, 0.15) is 52.9 Å². The molecule has 0 aromatic heterocycles. The maximum Gasteiger partial charge on any atom is 0.0996 e. The Hall–Kier alpha value is -0.380. The summed E-state index contributed by atoms with van der Waals surface area (Å²) in [5.74, 6) is 0.101. The Morgan fingerprint density at radius 2 is 2.21 bits per heavy atom. The fraction of sp³-hybridized carbons (Fsp3) is 0.875. The van der Waals surface area contributed by atoms with Gasteiger partial charge in [0.15, 0.2) is 0 Å². The summed E-state index contributed by atoms with van der Waals surface area (Å²) in [6.45, 7) is 6.94. The second-order valence-electron chi connectivity index (χ2n) is 6.67. The van der Waals surface area contributed by atoms with Gasteiger partial charge in [0.25, 0.3) is 0 Å². The molecule has 0 aromatic rings. The van der Waals surface area contributed by atoms with E-state index in [0.29, 0.717) is 0 Å². The van der Waals surface area contributed by atoms with E-state index >= 15 is 0 Å². The molecule has 3 heteroatoms. The van der Waals surface area contributed by atoms with Gasteiger partial charge in [-0.15, -0.1) is 0 Å². The van der Waals surface area contributed by atoms with E-state index in [2.05, 4.69) is 19.9 Å². The van der Waals surface area contributed by atoms with Crippen molar-refractivity contribution in [3.8, 4) is 0 Å². The molecule has 3 nitrogen and oxygen atoms in total. The van der Waals surface area contributed by atoms with Crippen molar-refractivity contribution < 1.29 is 14.6 Å². The third-order valence-electron chi connectivity index (χ3n) is 4.72. The third-order valence-corrected chi connectivity index (χ3v) is 4.72. The summed E-state index contributed by atoms with van der Waals surface area (Å²) in [5, 5.41) is 10.9. The maximum atomic E-state index is 10.9. The van der Waals surface area contributed by atoms with Crippen LogP contribution in [-0.4, -0.2) is 36.1 Å². The zero-order valence-corrected chi connectivity index (χ0v) is 12.7. The SMILES string of the molecule is CO[C@@H]1CCC[C@]2(CO2)[C@H]1[C@@](C)(O)CCC=C(C)C. The van der Waals surface area contributed by atoms with Crippen molar-refractivity contribution >= 4 is 0 Å². The van der Waals surface area contributed by atoms with Gasteiger partial charge in [-0.05, 0) is 52.9 Å². The Kier molecular flexibility index (Phi) is 4.38. The maximum absolute atomic E-state index is 10.9. The molecule has 4 atom stereocenters. The molecule has 0 amide bonds. The van der Waals surface area contributed by atoms with Crippen molar-refractivity contribution in [3.05, 3.63) is 11.6 Å². The van der Waals surface area contributed by atoms with Gasteiger partial charge in [-0.2, -0.15) is 0 Å². The molecule has 1 saturated carbocycles. The summed E-state index contributed by atoms with van der Waals surface area (Å²) >= 11 is 0. The topological polar surface area (TPSA) is 42.0 Å². The van der Waals surface area contributed by atoms with E-state index in [1.807, 2.05) is 6.92 Å². The quantitative estimate of drug-likeness (QED) is 0.615. The van der Waals surface area contributed by atoms with Gasteiger partial charge in [-0.3, -0.25) is 0 Å². The van der Waals surface area contributed by atoms with Crippen LogP contribution in [0.15, 0.2) is 11.6 Å². The minimum atomic E-state index is -0.719. The molecule has 110 valence electrons. The van der Waals surface area contributed by atoms with Gasteiger partial charge in [0, 0.05) is 13.0 Å². The molecule has 0 unspecified atom stereocenters. The van der Waals surface area contributed by atoms with Crippen LogP contribution in [0.5, 0.6) is 0 Å². The summed E-state index contributed by atoms with van der Waals surface area (Å²) in [4.78, 5) is 0. The highest BCUT2D eigenvalue weighted by atomic mass is 16.6. The van der Waals surface area contributed by atoms with Gasteiger partial charge >= 0.3 is 0 Å². The van der Waals surface area contributed by atoms with Crippen molar-refractivity contribution in [3.63, 3.8) is 0 Å². The Balaban J connectivity index is 2.08. The number of methoxy groups -OCH3 is 1. The van der Waals surface area contributed by atoms with Crippen LogP contribution in [0.2, 0.25) is 0 Å².